The highest BCUT2D eigenvalue weighted by molar-refractivity contribution is 9.10. The number of rotatable bonds is 5. The number of halogens is 3. The molecular weight excluding hydrogens is 555 g/mol. The molecule has 10 heteroatoms. The third-order valence-electron chi connectivity index (χ3n) is 6.23. The first-order valence-electron chi connectivity index (χ1n) is 11.0. The van der Waals surface area contributed by atoms with Crippen LogP contribution in [-0.2, 0) is 11.4 Å². The summed E-state index contributed by atoms with van der Waals surface area (Å²) in [6.45, 7) is 4.43. The van der Waals surface area contributed by atoms with E-state index in [0.29, 0.717) is 44.0 Å². The van der Waals surface area contributed by atoms with Crippen LogP contribution in [0.4, 0.5) is 5.95 Å². The number of allylic oxidation sites excluding steroid dienone is 2. The number of carbonyl (C=O) groups excluding carboxylic acids is 1. The molecule has 1 N–H and O–H groups in total. The van der Waals surface area contributed by atoms with E-state index in [2.05, 4.69) is 45.2 Å². The van der Waals surface area contributed by atoms with Gasteiger partial charge in [-0.1, -0.05) is 43.1 Å². The van der Waals surface area contributed by atoms with Gasteiger partial charge in [-0.05, 0) is 57.6 Å². The molecule has 0 saturated heterocycles. The summed E-state index contributed by atoms with van der Waals surface area (Å²) in [4.78, 5) is 17.7. The Morgan fingerprint density at radius 1 is 1.23 bits per heavy atom. The van der Waals surface area contributed by atoms with Crippen LogP contribution in [-0.4, -0.2) is 27.7 Å². The van der Waals surface area contributed by atoms with Crippen LogP contribution in [0.2, 0.25) is 10.0 Å². The van der Waals surface area contributed by atoms with Crippen LogP contribution in [0.15, 0.2) is 52.4 Å². The number of fused-ring (bicyclic) bond motifs is 1. The van der Waals surface area contributed by atoms with Crippen molar-refractivity contribution >= 4 is 50.9 Å². The SMILES string of the molecule is COc1cc(C2C3=C(CC(C)(C)CC3=O)Nc3ncnn32)cc(Br)c1OCc1ccc(Cl)cc1Cl. The van der Waals surface area contributed by atoms with E-state index in [4.69, 9.17) is 32.7 Å². The van der Waals surface area contributed by atoms with Gasteiger partial charge in [-0.2, -0.15) is 10.1 Å². The Morgan fingerprint density at radius 2 is 2.03 bits per heavy atom. The number of benzene rings is 2. The topological polar surface area (TPSA) is 78.3 Å². The van der Waals surface area contributed by atoms with Gasteiger partial charge in [0.15, 0.2) is 17.3 Å². The van der Waals surface area contributed by atoms with E-state index in [1.54, 1.807) is 23.9 Å². The standard InChI is InChI=1S/C25H23BrCl2N4O3/c1-25(2)9-18-21(19(33)10-25)22(32-24(31-18)29-12-30-32)14-6-16(26)23(20(7-14)34-3)35-11-13-4-5-15(27)8-17(13)28/h4-8,12,22H,9-11H2,1-3H3,(H,29,30,31). The Hall–Kier alpha value is -2.55. The van der Waals surface area contributed by atoms with E-state index in [0.717, 1.165) is 23.2 Å². The summed E-state index contributed by atoms with van der Waals surface area (Å²) >= 11 is 15.9. The van der Waals surface area contributed by atoms with Gasteiger partial charge >= 0.3 is 0 Å². The van der Waals surface area contributed by atoms with Crippen molar-refractivity contribution in [3.05, 3.63) is 73.6 Å². The van der Waals surface area contributed by atoms with Crippen LogP contribution >= 0.6 is 39.1 Å². The Bertz CT molecular complexity index is 1370. The van der Waals surface area contributed by atoms with Crippen LogP contribution < -0.4 is 14.8 Å². The number of anilines is 1. The molecule has 3 aromatic rings. The average Bonchev–Trinajstić information content (AvgIpc) is 3.24. The van der Waals surface area contributed by atoms with Crippen molar-refractivity contribution in [3.8, 4) is 11.5 Å². The number of methoxy groups -OCH3 is 1. The zero-order valence-electron chi connectivity index (χ0n) is 19.4. The van der Waals surface area contributed by atoms with Crippen molar-refractivity contribution < 1.29 is 14.3 Å². The summed E-state index contributed by atoms with van der Waals surface area (Å²) < 4.78 is 14.2. The van der Waals surface area contributed by atoms with E-state index in [-0.39, 0.29) is 17.8 Å². The molecule has 35 heavy (non-hydrogen) atoms. The summed E-state index contributed by atoms with van der Waals surface area (Å²) in [5.41, 5.74) is 3.10. The summed E-state index contributed by atoms with van der Waals surface area (Å²) in [7, 11) is 1.58. The van der Waals surface area contributed by atoms with Gasteiger partial charge < -0.3 is 14.8 Å². The maximum absolute atomic E-state index is 13.3. The number of hydrogen-bond acceptors (Lipinski definition) is 6. The Kier molecular flexibility index (Phi) is 6.32. The molecule has 2 aliphatic rings. The molecule has 0 spiro atoms. The zero-order valence-corrected chi connectivity index (χ0v) is 22.5. The molecule has 1 aromatic heterocycles. The highest BCUT2D eigenvalue weighted by Crippen LogP contribution is 2.47. The maximum atomic E-state index is 13.3. The monoisotopic (exact) mass is 576 g/mol. The summed E-state index contributed by atoms with van der Waals surface area (Å²) in [5, 5.41) is 8.83. The molecular formula is C25H23BrCl2N4O3. The number of ether oxygens (including phenoxy) is 2. The van der Waals surface area contributed by atoms with E-state index in [1.165, 1.54) is 6.33 Å². The number of ketones is 1. The fourth-order valence-corrected chi connectivity index (χ4v) is 5.72. The van der Waals surface area contributed by atoms with E-state index in [1.807, 2.05) is 18.2 Å². The van der Waals surface area contributed by atoms with Crippen molar-refractivity contribution in [2.75, 3.05) is 12.4 Å². The van der Waals surface area contributed by atoms with Gasteiger partial charge in [0.25, 0.3) is 0 Å². The van der Waals surface area contributed by atoms with Crippen LogP contribution in [0.5, 0.6) is 11.5 Å². The van der Waals surface area contributed by atoms with Crippen molar-refractivity contribution in [1.82, 2.24) is 14.8 Å². The van der Waals surface area contributed by atoms with Gasteiger partial charge in [-0.15, -0.1) is 0 Å². The van der Waals surface area contributed by atoms with Crippen molar-refractivity contribution in [1.29, 1.82) is 0 Å². The van der Waals surface area contributed by atoms with Gasteiger partial charge in [0.05, 0.1) is 11.6 Å². The second-order valence-electron chi connectivity index (χ2n) is 9.45. The predicted octanol–water partition coefficient (Wildman–Crippen LogP) is 6.59. The lowest BCUT2D eigenvalue weighted by molar-refractivity contribution is -0.118. The zero-order chi connectivity index (χ0) is 24.9. The first kappa shape index (κ1) is 24.2. The minimum atomic E-state index is -0.433. The maximum Gasteiger partial charge on any atom is 0.226 e. The fraction of sp³-hybridized carbons (Fsp3) is 0.320. The largest absolute Gasteiger partial charge is 0.493 e. The minimum Gasteiger partial charge on any atom is -0.493 e. The Balaban J connectivity index is 1.54. The van der Waals surface area contributed by atoms with E-state index < -0.39 is 6.04 Å². The lowest BCUT2D eigenvalue weighted by Crippen LogP contribution is -2.36. The number of aromatic nitrogens is 3. The summed E-state index contributed by atoms with van der Waals surface area (Å²) in [6, 6.07) is 8.64. The molecule has 1 atom stereocenters. The Labute approximate surface area is 221 Å². The quantitative estimate of drug-likeness (QED) is 0.368. The lowest BCUT2D eigenvalue weighted by Gasteiger charge is -2.38. The van der Waals surface area contributed by atoms with Crippen LogP contribution in [0.3, 0.4) is 0 Å². The van der Waals surface area contributed by atoms with Crippen LogP contribution in [0, 0.1) is 5.41 Å². The molecule has 0 amide bonds. The first-order valence-corrected chi connectivity index (χ1v) is 12.6. The molecule has 0 radical (unpaired) electrons. The second kappa shape index (κ2) is 9.15. The molecule has 2 heterocycles. The summed E-state index contributed by atoms with van der Waals surface area (Å²) in [6.07, 6.45) is 2.71. The molecule has 7 nitrogen and oxygen atoms in total. The highest BCUT2D eigenvalue weighted by atomic mass is 79.9. The molecule has 182 valence electrons. The van der Waals surface area contributed by atoms with Crippen molar-refractivity contribution in [3.63, 3.8) is 0 Å². The smallest absolute Gasteiger partial charge is 0.226 e. The van der Waals surface area contributed by atoms with Gasteiger partial charge in [0, 0.05) is 33.3 Å². The third-order valence-corrected chi connectivity index (χ3v) is 7.40. The van der Waals surface area contributed by atoms with Gasteiger partial charge in [-0.25, -0.2) is 4.68 Å². The number of nitrogens with zero attached hydrogens (tertiary/aromatic N) is 3. The normalized spacial score (nSPS) is 18.6. The average molecular weight is 578 g/mol. The van der Waals surface area contributed by atoms with Crippen molar-refractivity contribution in [2.45, 2.75) is 39.3 Å². The Morgan fingerprint density at radius 3 is 2.77 bits per heavy atom. The number of carbonyl (C=O) groups is 1. The third kappa shape index (κ3) is 4.55. The van der Waals surface area contributed by atoms with Crippen molar-refractivity contribution in [2.24, 2.45) is 5.41 Å². The first-order chi connectivity index (χ1) is 16.7. The molecule has 2 aromatic carbocycles. The number of nitrogens with one attached hydrogen (secondary N) is 1. The predicted molar refractivity (Wildman–Crippen MR) is 138 cm³/mol. The second-order valence-corrected chi connectivity index (χ2v) is 11.1. The van der Waals surface area contributed by atoms with Gasteiger partial charge in [-0.3, -0.25) is 4.79 Å². The van der Waals surface area contributed by atoms with Crippen LogP contribution in [0.25, 0.3) is 0 Å². The molecule has 0 saturated carbocycles. The molecule has 1 unspecified atom stereocenters. The number of hydrogen-bond donors (Lipinski definition) is 1. The summed E-state index contributed by atoms with van der Waals surface area (Å²) in [5.74, 6) is 1.75. The van der Waals surface area contributed by atoms with Gasteiger partial charge in [0.2, 0.25) is 5.95 Å². The molecule has 5 rings (SSSR count). The fourth-order valence-electron chi connectivity index (χ4n) is 4.68. The molecule has 1 aliphatic carbocycles. The van der Waals surface area contributed by atoms with E-state index >= 15 is 0 Å². The van der Waals surface area contributed by atoms with Gasteiger partial charge in [0.1, 0.15) is 19.0 Å². The lowest BCUT2D eigenvalue weighted by atomic mass is 9.73. The van der Waals surface area contributed by atoms with Crippen LogP contribution in [0.1, 0.15) is 43.9 Å². The molecule has 0 fully saturated rings. The minimum absolute atomic E-state index is 0.0997. The molecule has 1 aliphatic heterocycles. The number of Topliss-reactive ketones (excluding diaryl/α,β-unsaturated/α-hetero) is 1. The van der Waals surface area contributed by atoms with E-state index in [9.17, 15) is 4.79 Å². The molecule has 0 bridgehead atoms. The highest BCUT2D eigenvalue weighted by Gasteiger charge is 2.41.